The van der Waals surface area contributed by atoms with Gasteiger partial charge in [-0.15, -0.1) is 0 Å². The molecular weight excluding hydrogens is 183 g/mol. The summed E-state index contributed by atoms with van der Waals surface area (Å²) in [6, 6.07) is 5.29. The monoisotopic (exact) mass is 196 g/mol. The Morgan fingerprint density at radius 2 is 2.21 bits per heavy atom. The van der Waals surface area contributed by atoms with Gasteiger partial charge >= 0.3 is 0 Å². The van der Waals surface area contributed by atoms with Crippen molar-refractivity contribution in [2.75, 3.05) is 19.0 Å². The quantitative estimate of drug-likeness (QED) is 0.456. The fourth-order valence-corrected chi connectivity index (χ4v) is 1.31. The maximum Gasteiger partial charge on any atom is 0.115 e. The van der Waals surface area contributed by atoms with Gasteiger partial charge in [0, 0.05) is 25.3 Å². The number of anilines is 1. The lowest BCUT2D eigenvalue weighted by Crippen LogP contribution is -2.12. The fourth-order valence-electron chi connectivity index (χ4n) is 1.31. The van der Waals surface area contributed by atoms with Gasteiger partial charge in [0.2, 0.25) is 0 Å². The molecule has 0 saturated heterocycles. The molecule has 0 amide bonds. The number of oxime groups is 1. The summed E-state index contributed by atoms with van der Waals surface area (Å²) in [7, 11) is 3.71. The molecule has 0 bridgehead atoms. The standard InChI is InChI=1S/C10H13FN2O/c1-13(2)10-5-3-4-8(6-11)9(10)7-12-14/h3-5,7,14H,6H2,1-2H3. The molecular formula is C10H13FN2O. The van der Waals surface area contributed by atoms with Crippen LogP contribution in [0.1, 0.15) is 11.1 Å². The van der Waals surface area contributed by atoms with Crippen LogP contribution in [0.5, 0.6) is 0 Å². The highest BCUT2D eigenvalue weighted by atomic mass is 19.1. The van der Waals surface area contributed by atoms with E-state index in [1.54, 1.807) is 12.1 Å². The van der Waals surface area contributed by atoms with Gasteiger partial charge in [0.25, 0.3) is 0 Å². The highest BCUT2D eigenvalue weighted by Crippen LogP contribution is 2.21. The summed E-state index contributed by atoms with van der Waals surface area (Å²) in [5.41, 5.74) is 1.97. The van der Waals surface area contributed by atoms with E-state index in [9.17, 15) is 4.39 Å². The lowest BCUT2D eigenvalue weighted by Gasteiger charge is -2.16. The maximum atomic E-state index is 12.6. The van der Waals surface area contributed by atoms with Crippen LogP contribution in [-0.2, 0) is 6.67 Å². The normalized spacial score (nSPS) is 10.8. The van der Waals surface area contributed by atoms with Crippen molar-refractivity contribution in [1.82, 2.24) is 0 Å². The van der Waals surface area contributed by atoms with Gasteiger partial charge in [-0.2, -0.15) is 0 Å². The van der Waals surface area contributed by atoms with E-state index in [0.717, 1.165) is 5.69 Å². The number of halogens is 1. The number of rotatable bonds is 3. The lowest BCUT2D eigenvalue weighted by atomic mass is 10.1. The van der Waals surface area contributed by atoms with Crippen molar-refractivity contribution in [2.45, 2.75) is 6.67 Å². The molecule has 1 aromatic rings. The minimum Gasteiger partial charge on any atom is -0.411 e. The Bertz CT molecular complexity index is 337. The van der Waals surface area contributed by atoms with Gasteiger partial charge in [-0.05, 0) is 11.6 Å². The molecule has 3 nitrogen and oxygen atoms in total. The van der Waals surface area contributed by atoms with Crippen LogP contribution in [0, 0.1) is 0 Å². The first-order valence-electron chi connectivity index (χ1n) is 4.23. The largest absolute Gasteiger partial charge is 0.411 e. The second-order valence-corrected chi connectivity index (χ2v) is 3.12. The third-order valence-electron chi connectivity index (χ3n) is 1.99. The number of alkyl halides is 1. The maximum absolute atomic E-state index is 12.6. The topological polar surface area (TPSA) is 35.8 Å². The molecule has 0 saturated carbocycles. The summed E-state index contributed by atoms with van der Waals surface area (Å²) in [5.74, 6) is 0. The van der Waals surface area contributed by atoms with Crippen LogP contribution in [-0.4, -0.2) is 25.5 Å². The van der Waals surface area contributed by atoms with Crippen molar-refractivity contribution in [3.63, 3.8) is 0 Å². The fraction of sp³-hybridized carbons (Fsp3) is 0.300. The molecule has 0 fully saturated rings. The van der Waals surface area contributed by atoms with Gasteiger partial charge < -0.3 is 10.1 Å². The van der Waals surface area contributed by atoms with Crippen LogP contribution in [0.25, 0.3) is 0 Å². The Hall–Kier alpha value is -1.58. The van der Waals surface area contributed by atoms with Crippen LogP contribution in [0.4, 0.5) is 10.1 Å². The second kappa shape index (κ2) is 4.60. The first-order valence-corrected chi connectivity index (χ1v) is 4.23. The zero-order valence-electron chi connectivity index (χ0n) is 8.24. The molecule has 14 heavy (non-hydrogen) atoms. The minimum absolute atomic E-state index is 0.522. The summed E-state index contributed by atoms with van der Waals surface area (Å²) >= 11 is 0. The molecule has 0 aliphatic rings. The second-order valence-electron chi connectivity index (χ2n) is 3.12. The molecule has 0 aliphatic heterocycles. The highest BCUT2D eigenvalue weighted by Gasteiger charge is 2.07. The first kappa shape index (κ1) is 10.5. The van der Waals surface area contributed by atoms with Crippen molar-refractivity contribution in [3.8, 4) is 0 Å². The predicted octanol–water partition coefficient (Wildman–Crippen LogP) is 2.03. The molecule has 0 unspecified atom stereocenters. The van der Waals surface area contributed by atoms with E-state index in [0.29, 0.717) is 11.1 Å². The Kier molecular flexibility index (Phi) is 3.45. The molecule has 1 N–H and O–H groups in total. The molecule has 0 heterocycles. The molecule has 0 spiro atoms. The van der Waals surface area contributed by atoms with E-state index >= 15 is 0 Å². The van der Waals surface area contributed by atoms with Crippen LogP contribution < -0.4 is 4.90 Å². The van der Waals surface area contributed by atoms with Crippen molar-refractivity contribution in [3.05, 3.63) is 29.3 Å². The highest BCUT2D eigenvalue weighted by molar-refractivity contribution is 5.89. The molecule has 0 aliphatic carbocycles. The summed E-state index contributed by atoms with van der Waals surface area (Å²) in [6.45, 7) is -0.566. The molecule has 0 atom stereocenters. The van der Waals surface area contributed by atoms with E-state index < -0.39 is 6.67 Å². The van der Waals surface area contributed by atoms with Crippen LogP contribution in [0.3, 0.4) is 0 Å². The van der Waals surface area contributed by atoms with E-state index in [1.807, 2.05) is 25.1 Å². The Balaban J connectivity index is 3.27. The lowest BCUT2D eigenvalue weighted by molar-refractivity contribution is 0.321. The van der Waals surface area contributed by atoms with Crippen molar-refractivity contribution < 1.29 is 9.60 Å². The summed E-state index contributed by atoms with van der Waals surface area (Å²) in [4.78, 5) is 1.84. The van der Waals surface area contributed by atoms with Gasteiger partial charge in [-0.1, -0.05) is 17.3 Å². The summed E-state index contributed by atoms with van der Waals surface area (Å²) in [6.07, 6.45) is 1.25. The third-order valence-corrected chi connectivity index (χ3v) is 1.99. The van der Waals surface area contributed by atoms with E-state index in [-0.39, 0.29) is 0 Å². The van der Waals surface area contributed by atoms with Crippen LogP contribution in [0.2, 0.25) is 0 Å². The average Bonchev–Trinajstić information content (AvgIpc) is 2.18. The van der Waals surface area contributed by atoms with Crippen molar-refractivity contribution >= 4 is 11.9 Å². The molecule has 1 aromatic carbocycles. The zero-order chi connectivity index (χ0) is 10.6. The smallest absolute Gasteiger partial charge is 0.115 e. The minimum atomic E-state index is -0.566. The van der Waals surface area contributed by atoms with Gasteiger partial charge in [-0.25, -0.2) is 4.39 Å². The van der Waals surface area contributed by atoms with Gasteiger partial charge in [0.15, 0.2) is 0 Å². The van der Waals surface area contributed by atoms with Crippen molar-refractivity contribution in [1.29, 1.82) is 0 Å². The molecule has 76 valence electrons. The van der Waals surface area contributed by atoms with Crippen LogP contribution in [0.15, 0.2) is 23.4 Å². The Labute approximate surface area is 82.5 Å². The summed E-state index contributed by atoms with van der Waals surface area (Å²) < 4.78 is 12.6. The molecule has 1 rings (SSSR count). The first-order chi connectivity index (χ1) is 6.70. The third kappa shape index (κ3) is 2.02. The van der Waals surface area contributed by atoms with Gasteiger partial charge in [0.1, 0.15) is 6.67 Å². The van der Waals surface area contributed by atoms with Crippen LogP contribution >= 0.6 is 0 Å². The van der Waals surface area contributed by atoms with Gasteiger partial charge in [-0.3, -0.25) is 0 Å². The number of nitrogens with zero attached hydrogens (tertiary/aromatic N) is 2. The van der Waals surface area contributed by atoms with E-state index in [4.69, 9.17) is 5.21 Å². The average molecular weight is 196 g/mol. The summed E-state index contributed by atoms with van der Waals surface area (Å²) in [5, 5.41) is 11.4. The molecule has 0 radical (unpaired) electrons. The predicted molar refractivity (Wildman–Crippen MR) is 55.0 cm³/mol. The van der Waals surface area contributed by atoms with Gasteiger partial charge in [0.05, 0.1) is 6.21 Å². The van der Waals surface area contributed by atoms with E-state index in [1.165, 1.54) is 6.21 Å². The van der Waals surface area contributed by atoms with E-state index in [2.05, 4.69) is 5.16 Å². The Morgan fingerprint density at radius 1 is 1.50 bits per heavy atom. The van der Waals surface area contributed by atoms with Crippen molar-refractivity contribution in [2.24, 2.45) is 5.16 Å². The molecule has 4 heteroatoms. The SMILES string of the molecule is CN(C)c1cccc(CF)c1C=NO. The Morgan fingerprint density at radius 3 is 2.71 bits per heavy atom. The number of hydrogen-bond donors (Lipinski definition) is 1. The number of benzene rings is 1. The zero-order valence-corrected chi connectivity index (χ0v) is 8.24. The molecule has 0 aromatic heterocycles. The number of hydrogen-bond acceptors (Lipinski definition) is 3.